The third kappa shape index (κ3) is 4.71. The lowest BCUT2D eigenvalue weighted by Crippen LogP contribution is -2.38. The summed E-state index contributed by atoms with van der Waals surface area (Å²) in [6.45, 7) is 0.485. The van der Waals surface area contributed by atoms with Gasteiger partial charge in [-0.3, -0.25) is 9.30 Å². The molecule has 1 saturated heterocycles. The fourth-order valence-corrected chi connectivity index (χ4v) is 4.55. The highest BCUT2D eigenvalue weighted by Crippen LogP contribution is 2.39. The van der Waals surface area contributed by atoms with E-state index in [0.29, 0.717) is 35.1 Å². The summed E-state index contributed by atoms with van der Waals surface area (Å²) in [6.07, 6.45) is -2.27. The number of benzene rings is 1. The molecule has 190 valence electrons. The van der Waals surface area contributed by atoms with Crippen molar-refractivity contribution in [2.24, 2.45) is 5.73 Å². The van der Waals surface area contributed by atoms with E-state index in [9.17, 15) is 17.6 Å². The number of likely N-dealkylation sites (tertiary alicyclic amines) is 1. The first-order chi connectivity index (χ1) is 17.2. The molecule has 12 heteroatoms. The number of ether oxygens (including phenoxy) is 1. The van der Waals surface area contributed by atoms with Crippen LogP contribution in [0.4, 0.5) is 17.6 Å². The molecule has 1 aliphatic heterocycles. The van der Waals surface area contributed by atoms with Crippen molar-refractivity contribution in [3.05, 3.63) is 54.0 Å². The van der Waals surface area contributed by atoms with Gasteiger partial charge in [0.25, 0.3) is 0 Å². The van der Waals surface area contributed by atoms with Gasteiger partial charge >= 0.3 is 6.18 Å². The molecule has 36 heavy (non-hydrogen) atoms. The maximum Gasteiger partial charge on any atom is 0.408 e. The van der Waals surface area contributed by atoms with Crippen LogP contribution in [0.2, 0.25) is 0 Å². The van der Waals surface area contributed by atoms with Gasteiger partial charge in [0.15, 0.2) is 11.5 Å². The number of rotatable bonds is 7. The molecule has 0 bridgehead atoms. The zero-order valence-corrected chi connectivity index (χ0v) is 19.1. The molecule has 3 aromatic heterocycles. The molecule has 3 N–H and O–H groups in total. The van der Waals surface area contributed by atoms with E-state index in [1.165, 1.54) is 39.8 Å². The first kappa shape index (κ1) is 24.3. The van der Waals surface area contributed by atoms with Gasteiger partial charge in [0.05, 0.1) is 6.61 Å². The van der Waals surface area contributed by atoms with Crippen LogP contribution in [-0.2, 0) is 0 Å². The van der Waals surface area contributed by atoms with E-state index in [1.807, 2.05) is 0 Å². The third-order valence-corrected chi connectivity index (χ3v) is 6.18. The normalized spacial score (nSPS) is 17.8. The van der Waals surface area contributed by atoms with Gasteiger partial charge in [0.2, 0.25) is 0 Å². The molecule has 4 heterocycles. The summed E-state index contributed by atoms with van der Waals surface area (Å²) in [5.41, 5.74) is 6.96. The quantitative estimate of drug-likeness (QED) is 0.294. The molecule has 0 saturated carbocycles. The van der Waals surface area contributed by atoms with Crippen LogP contribution in [0.25, 0.3) is 28.1 Å². The maximum atomic E-state index is 14.1. The molecule has 0 aliphatic carbocycles. The van der Waals surface area contributed by atoms with E-state index in [2.05, 4.69) is 15.2 Å². The van der Waals surface area contributed by atoms with Crippen molar-refractivity contribution in [1.29, 1.82) is 0 Å². The molecule has 0 unspecified atom stereocenters. The number of aliphatic hydroxyl groups is 1. The van der Waals surface area contributed by atoms with Gasteiger partial charge in [-0.05, 0) is 30.2 Å². The summed E-state index contributed by atoms with van der Waals surface area (Å²) in [5, 5.41) is 17.7. The fraction of sp³-hybridized carbons (Fsp3) is 0.375. The Morgan fingerprint density at radius 3 is 2.72 bits per heavy atom. The topological polar surface area (TPSA) is 102 Å². The Balaban J connectivity index is 1.58. The Morgan fingerprint density at radius 2 is 2.00 bits per heavy atom. The highest BCUT2D eigenvalue weighted by Gasteiger charge is 2.46. The summed E-state index contributed by atoms with van der Waals surface area (Å²) in [6, 6.07) is 6.51. The van der Waals surface area contributed by atoms with Gasteiger partial charge in [0.1, 0.15) is 28.8 Å². The van der Waals surface area contributed by atoms with Crippen LogP contribution in [-0.4, -0.2) is 68.1 Å². The first-order valence-corrected chi connectivity index (χ1v) is 11.5. The Labute approximate surface area is 203 Å². The Bertz CT molecular complexity index is 1390. The van der Waals surface area contributed by atoms with E-state index >= 15 is 0 Å². The maximum absolute atomic E-state index is 14.1. The van der Waals surface area contributed by atoms with Crippen molar-refractivity contribution in [3.8, 4) is 17.3 Å². The summed E-state index contributed by atoms with van der Waals surface area (Å²) in [5.74, 6) is -0.0795. The summed E-state index contributed by atoms with van der Waals surface area (Å²) < 4.78 is 63.5. The average Bonchev–Trinajstić information content (AvgIpc) is 3.44. The molecule has 0 spiro atoms. The third-order valence-electron chi connectivity index (χ3n) is 6.18. The fourth-order valence-electron chi connectivity index (χ4n) is 4.55. The molecular formula is C24H24F4N6O2. The molecule has 1 aliphatic rings. The van der Waals surface area contributed by atoms with Gasteiger partial charge in [0, 0.05) is 49.8 Å². The summed E-state index contributed by atoms with van der Waals surface area (Å²) >= 11 is 0. The first-order valence-electron chi connectivity index (χ1n) is 11.5. The van der Waals surface area contributed by atoms with Crippen LogP contribution in [0.15, 0.2) is 42.6 Å². The van der Waals surface area contributed by atoms with Crippen LogP contribution in [0.3, 0.4) is 0 Å². The SMILES string of the molecule is N[C@H]1CCN([C@H](c2ccc3nnc(-c4ccc5cc(F)cc(OCCCO)c5n4)n3c2)C(F)(F)F)C1. The lowest BCUT2D eigenvalue weighted by molar-refractivity contribution is -0.183. The molecule has 0 amide bonds. The van der Waals surface area contributed by atoms with Crippen molar-refractivity contribution >= 4 is 16.6 Å². The Hall–Kier alpha value is -3.35. The number of nitrogens with zero attached hydrogens (tertiary/aromatic N) is 5. The van der Waals surface area contributed by atoms with E-state index in [4.69, 9.17) is 15.6 Å². The monoisotopic (exact) mass is 504 g/mol. The molecule has 2 atom stereocenters. The van der Waals surface area contributed by atoms with E-state index in [0.717, 1.165) is 0 Å². The second-order valence-electron chi connectivity index (χ2n) is 8.80. The summed E-state index contributed by atoms with van der Waals surface area (Å²) in [7, 11) is 0. The molecular weight excluding hydrogens is 480 g/mol. The standard InChI is InChI=1S/C24H24F4N6O2/c25-16-10-14-2-4-18(30-21(14)19(11-16)36-9-1-8-35)23-32-31-20-5-3-15(12-34(20)23)22(24(26,27)28)33-7-6-17(29)13-33/h2-5,10-12,17,22,35H,1,6-9,13,29H2/t17-,22+/m0/s1. The van der Waals surface area contributed by atoms with E-state index in [1.54, 1.807) is 12.1 Å². The highest BCUT2D eigenvalue weighted by molar-refractivity contribution is 5.86. The van der Waals surface area contributed by atoms with Crippen molar-refractivity contribution in [2.45, 2.75) is 31.1 Å². The molecule has 4 aromatic rings. The number of hydrogen-bond acceptors (Lipinski definition) is 7. The number of hydrogen-bond donors (Lipinski definition) is 2. The zero-order valence-electron chi connectivity index (χ0n) is 19.1. The minimum atomic E-state index is -4.50. The highest BCUT2D eigenvalue weighted by atomic mass is 19.4. The van der Waals surface area contributed by atoms with Crippen molar-refractivity contribution in [1.82, 2.24) is 24.5 Å². The smallest absolute Gasteiger partial charge is 0.408 e. The number of halogens is 4. The van der Waals surface area contributed by atoms with Crippen LogP contribution in [0.5, 0.6) is 5.75 Å². The average molecular weight is 504 g/mol. The predicted molar refractivity (Wildman–Crippen MR) is 124 cm³/mol. The molecule has 5 rings (SSSR count). The second kappa shape index (κ2) is 9.60. The van der Waals surface area contributed by atoms with E-state index < -0.39 is 18.0 Å². The minimum absolute atomic E-state index is 0.0426. The molecule has 1 aromatic carbocycles. The summed E-state index contributed by atoms with van der Waals surface area (Å²) in [4.78, 5) is 5.91. The largest absolute Gasteiger partial charge is 0.491 e. The number of nitrogens with two attached hydrogens (primary N) is 1. The van der Waals surface area contributed by atoms with Crippen molar-refractivity contribution < 1.29 is 27.4 Å². The molecule has 0 radical (unpaired) electrons. The van der Waals surface area contributed by atoms with Crippen LogP contribution in [0, 0.1) is 5.82 Å². The zero-order chi connectivity index (χ0) is 25.4. The Kier molecular flexibility index (Phi) is 6.49. The van der Waals surface area contributed by atoms with E-state index in [-0.39, 0.29) is 49.5 Å². The van der Waals surface area contributed by atoms with Gasteiger partial charge in [-0.2, -0.15) is 13.2 Å². The number of pyridine rings is 2. The number of alkyl halides is 3. The predicted octanol–water partition coefficient (Wildman–Crippen LogP) is 3.48. The van der Waals surface area contributed by atoms with Crippen LogP contribution >= 0.6 is 0 Å². The van der Waals surface area contributed by atoms with Crippen LogP contribution in [0.1, 0.15) is 24.4 Å². The number of aliphatic hydroxyl groups excluding tert-OH is 1. The molecule has 1 fully saturated rings. The molecule has 8 nitrogen and oxygen atoms in total. The van der Waals surface area contributed by atoms with Crippen molar-refractivity contribution in [3.63, 3.8) is 0 Å². The van der Waals surface area contributed by atoms with Gasteiger partial charge < -0.3 is 15.6 Å². The van der Waals surface area contributed by atoms with Crippen LogP contribution < -0.4 is 10.5 Å². The van der Waals surface area contributed by atoms with Gasteiger partial charge in [-0.15, -0.1) is 10.2 Å². The van der Waals surface area contributed by atoms with Gasteiger partial charge in [-0.25, -0.2) is 9.37 Å². The second-order valence-corrected chi connectivity index (χ2v) is 8.80. The minimum Gasteiger partial charge on any atom is -0.491 e. The lowest BCUT2D eigenvalue weighted by atomic mass is 10.1. The Morgan fingerprint density at radius 1 is 1.17 bits per heavy atom. The van der Waals surface area contributed by atoms with Crippen molar-refractivity contribution in [2.75, 3.05) is 26.3 Å². The van der Waals surface area contributed by atoms with Gasteiger partial charge in [-0.1, -0.05) is 12.1 Å². The lowest BCUT2D eigenvalue weighted by Gasteiger charge is -2.30. The number of aromatic nitrogens is 4. The number of fused-ring (bicyclic) bond motifs is 2.